The molecule has 4 aliphatic carbocycles. The summed E-state index contributed by atoms with van der Waals surface area (Å²) < 4.78 is 0. The molecule has 4 N–H and O–H groups in total. The van der Waals surface area contributed by atoms with Crippen LogP contribution in [0.4, 0.5) is 0 Å². The van der Waals surface area contributed by atoms with Gasteiger partial charge in [-0.3, -0.25) is 4.79 Å². The van der Waals surface area contributed by atoms with Crippen LogP contribution in [0.2, 0.25) is 0 Å². The first-order chi connectivity index (χ1) is 14.6. The number of aliphatic hydroxyl groups is 3. The Labute approximate surface area is 187 Å². The lowest BCUT2D eigenvalue weighted by molar-refractivity contribution is -0.226. The van der Waals surface area contributed by atoms with Crippen LogP contribution in [-0.4, -0.2) is 44.7 Å². The summed E-state index contributed by atoms with van der Waals surface area (Å²) >= 11 is 0. The smallest absolute Gasteiger partial charge is 0.306 e. The van der Waals surface area contributed by atoms with Crippen molar-refractivity contribution in [3.05, 3.63) is 0 Å². The minimum atomic E-state index is -0.740. The van der Waals surface area contributed by atoms with E-state index in [0.717, 1.165) is 51.4 Å². The van der Waals surface area contributed by atoms with Gasteiger partial charge in [0, 0.05) is 0 Å². The molecule has 4 saturated carbocycles. The third kappa shape index (κ3) is 3.49. The van der Waals surface area contributed by atoms with Crippen LogP contribution in [0.15, 0.2) is 0 Å². The molecular weight excluding hydrogens is 392 g/mol. The molecule has 12 atom stereocenters. The topological polar surface area (TPSA) is 98.0 Å². The second-order valence-electron chi connectivity index (χ2n) is 12.1. The Morgan fingerprint density at radius 3 is 2.39 bits per heavy atom. The summed E-state index contributed by atoms with van der Waals surface area (Å²) in [6.45, 7) is 8.57. The third-order valence-electron chi connectivity index (χ3n) is 11.1. The average molecular weight is 437 g/mol. The second kappa shape index (κ2) is 8.29. The largest absolute Gasteiger partial charge is 0.481 e. The van der Waals surface area contributed by atoms with E-state index in [0.29, 0.717) is 30.1 Å². The van der Waals surface area contributed by atoms with Crippen molar-refractivity contribution in [2.75, 3.05) is 0 Å². The van der Waals surface area contributed by atoms with E-state index < -0.39 is 12.1 Å². The lowest BCUT2D eigenvalue weighted by Gasteiger charge is -2.65. The first-order valence-corrected chi connectivity index (χ1v) is 12.8. The molecule has 0 aromatic rings. The molecule has 0 saturated heterocycles. The number of aliphatic carboxylic acids is 1. The summed E-state index contributed by atoms with van der Waals surface area (Å²) in [6.07, 6.45) is 6.78. The second-order valence-corrected chi connectivity index (χ2v) is 12.1. The molecule has 0 aromatic carbocycles. The van der Waals surface area contributed by atoms with Crippen molar-refractivity contribution in [2.24, 2.45) is 52.3 Å². The number of hydrogen-bond donors (Lipinski definition) is 4. The molecule has 5 heteroatoms. The number of aliphatic hydroxyl groups excluding tert-OH is 3. The van der Waals surface area contributed by atoms with E-state index in [-0.39, 0.29) is 40.8 Å². The molecule has 178 valence electrons. The average Bonchev–Trinajstić information content (AvgIpc) is 3.06. The van der Waals surface area contributed by atoms with Crippen molar-refractivity contribution in [1.82, 2.24) is 0 Å². The molecule has 0 spiro atoms. The van der Waals surface area contributed by atoms with Crippen LogP contribution in [0, 0.1) is 52.3 Å². The predicted octanol–water partition coefficient (Wildman–Crippen LogP) is 4.08. The van der Waals surface area contributed by atoms with Gasteiger partial charge >= 0.3 is 5.97 Å². The van der Waals surface area contributed by atoms with Crippen LogP contribution in [0.5, 0.6) is 0 Å². The molecule has 0 aliphatic heterocycles. The predicted molar refractivity (Wildman–Crippen MR) is 119 cm³/mol. The van der Waals surface area contributed by atoms with Crippen LogP contribution in [0.1, 0.15) is 85.5 Å². The third-order valence-corrected chi connectivity index (χ3v) is 11.1. The van der Waals surface area contributed by atoms with Crippen molar-refractivity contribution in [1.29, 1.82) is 0 Å². The van der Waals surface area contributed by atoms with Crippen LogP contribution in [0.25, 0.3) is 0 Å². The summed E-state index contributed by atoms with van der Waals surface area (Å²) in [7, 11) is 0. The fourth-order valence-corrected chi connectivity index (χ4v) is 9.10. The maximum Gasteiger partial charge on any atom is 0.306 e. The summed E-state index contributed by atoms with van der Waals surface area (Å²) in [6, 6.07) is 0. The van der Waals surface area contributed by atoms with E-state index in [9.17, 15) is 25.2 Å². The van der Waals surface area contributed by atoms with Gasteiger partial charge in [-0.1, -0.05) is 34.1 Å². The van der Waals surface area contributed by atoms with Gasteiger partial charge in [-0.2, -0.15) is 0 Å². The van der Waals surface area contributed by atoms with Gasteiger partial charge in [0.15, 0.2) is 0 Å². The maximum atomic E-state index is 11.7. The number of rotatable bonds is 5. The Hall–Kier alpha value is -0.650. The van der Waals surface area contributed by atoms with E-state index in [2.05, 4.69) is 20.8 Å². The minimum absolute atomic E-state index is 0.0714. The molecule has 0 heterocycles. The van der Waals surface area contributed by atoms with Gasteiger partial charge in [-0.05, 0) is 97.7 Å². The number of carboxylic acids is 1. The number of carboxylic acid groups (broad SMARTS) is 1. The van der Waals surface area contributed by atoms with Gasteiger partial charge in [0.05, 0.1) is 24.2 Å². The fraction of sp³-hybridized carbons (Fsp3) is 0.962. The highest BCUT2D eigenvalue weighted by atomic mass is 16.4. The number of carbonyl (C=O) groups is 1. The van der Waals surface area contributed by atoms with Crippen LogP contribution >= 0.6 is 0 Å². The van der Waals surface area contributed by atoms with Crippen LogP contribution in [0.3, 0.4) is 0 Å². The molecule has 0 aromatic heterocycles. The zero-order valence-corrected chi connectivity index (χ0v) is 19.8. The monoisotopic (exact) mass is 436 g/mol. The van der Waals surface area contributed by atoms with Gasteiger partial charge in [-0.15, -0.1) is 0 Å². The molecule has 5 nitrogen and oxygen atoms in total. The SMILES string of the molecule is CC[C@H]1[C@@H](O)C2C3CC[C@H](CC[C@H](C)C(=O)O)[C@@]3(C)[C@@H](O)CC2[C@@]2(C)CC[C@@H](O)C[C@@H]12. The minimum Gasteiger partial charge on any atom is -0.481 e. The Bertz CT molecular complexity index is 681. The summed E-state index contributed by atoms with van der Waals surface area (Å²) in [5, 5.41) is 42.9. The van der Waals surface area contributed by atoms with Gasteiger partial charge < -0.3 is 20.4 Å². The zero-order chi connectivity index (χ0) is 22.7. The lowest BCUT2D eigenvalue weighted by atomic mass is 9.41. The van der Waals surface area contributed by atoms with E-state index in [1.54, 1.807) is 6.92 Å². The Morgan fingerprint density at radius 1 is 1.03 bits per heavy atom. The summed E-state index contributed by atoms with van der Waals surface area (Å²) in [5.41, 5.74) is -0.169. The van der Waals surface area contributed by atoms with E-state index >= 15 is 0 Å². The Kier molecular flexibility index (Phi) is 6.28. The molecule has 0 radical (unpaired) electrons. The van der Waals surface area contributed by atoms with E-state index in [1.165, 1.54) is 0 Å². The summed E-state index contributed by atoms with van der Waals surface area (Å²) in [5.74, 6) is 0.560. The van der Waals surface area contributed by atoms with Gasteiger partial charge in [0.2, 0.25) is 0 Å². The zero-order valence-electron chi connectivity index (χ0n) is 19.8. The van der Waals surface area contributed by atoms with Crippen LogP contribution < -0.4 is 0 Å². The van der Waals surface area contributed by atoms with Crippen molar-refractivity contribution in [3.8, 4) is 0 Å². The highest BCUT2D eigenvalue weighted by Gasteiger charge is 2.66. The van der Waals surface area contributed by atoms with Gasteiger partial charge in [-0.25, -0.2) is 0 Å². The maximum absolute atomic E-state index is 11.7. The van der Waals surface area contributed by atoms with Gasteiger partial charge in [0.25, 0.3) is 0 Å². The van der Waals surface area contributed by atoms with Crippen molar-refractivity contribution < 1.29 is 25.2 Å². The van der Waals surface area contributed by atoms with E-state index in [4.69, 9.17) is 0 Å². The van der Waals surface area contributed by atoms with E-state index in [1.807, 2.05) is 0 Å². The molecule has 4 fully saturated rings. The summed E-state index contributed by atoms with van der Waals surface area (Å²) in [4.78, 5) is 11.3. The fourth-order valence-electron chi connectivity index (χ4n) is 9.10. The van der Waals surface area contributed by atoms with Crippen molar-refractivity contribution in [3.63, 3.8) is 0 Å². The molecule has 3 unspecified atom stereocenters. The molecule has 0 amide bonds. The van der Waals surface area contributed by atoms with Crippen molar-refractivity contribution in [2.45, 2.75) is 104 Å². The quantitative estimate of drug-likeness (QED) is 0.520. The highest BCUT2D eigenvalue weighted by molar-refractivity contribution is 5.69. The normalized spacial score (nSPS) is 52.7. The first kappa shape index (κ1) is 23.5. The highest BCUT2D eigenvalue weighted by Crippen LogP contribution is 2.69. The molecule has 4 rings (SSSR count). The molecular formula is C26H44O5. The first-order valence-electron chi connectivity index (χ1n) is 12.8. The molecule has 4 aliphatic rings. The number of fused-ring (bicyclic) bond motifs is 5. The molecule has 0 bridgehead atoms. The van der Waals surface area contributed by atoms with Crippen molar-refractivity contribution >= 4 is 5.97 Å². The van der Waals surface area contributed by atoms with Crippen LogP contribution in [-0.2, 0) is 4.79 Å². The van der Waals surface area contributed by atoms with Gasteiger partial charge in [0.1, 0.15) is 0 Å². The lowest BCUT2D eigenvalue weighted by Crippen LogP contribution is -2.64. The Balaban J connectivity index is 1.63. The molecule has 31 heavy (non-hydrogen) atoms. The standard InChI is InChI=1S/C26H44O5/c1-5-17-19-12-16(27)10-11-25(19,3)20-13-21(28)26(4)15(7-6-14(2)24(30)31)8-9-18(26)22(20)23(17)29/h14-23,27-29H,5-13H2,1-4H3,(H,30,31)/t14-,15-,16+,17+,18?,19-,20?,21-,22?,23+,25-,26+/m0/s1. The Morgan fingerprint density at radius 2 is 1.74 bits per heavy atom. The number of hydrogen-bond acceptors (Lipinski definition) is 4.